The third kappa shape index (κ3) is 4.51. The van der Waals surface area contributed by atoms with Gasteiger partial charge in [0.2, 0.25) is 11.8 Å². The lowest BCUT2D eigenvalue weighted by Gasteiger charge is -2.37. The number of nitrogens with zero attached hydrogens (tertiary/aromatic N) is 1. The summed E-state index contributed by atoms with van der Waals surface area (Å²) in [6.07, 6.45) is 1.69. The zero-order chi connectivity index (χ0) is 20.3. The molecule has 2 aromatic rings. The van der Waals surface area contributed by atoms with Crippen LogP contribution < -0.4 is 5.32 Å². The van der Waals surface area contributed by atoms with Crippen molar-refractivity contribution >= 4 is 23.2 Å². The van der Waals surface area contributed by atoms with Crippen molar-refractivity contribution in [2.45, 2.75) is 25.8 Å². The molecule has 0 unspecified atom stereocenters. The molecule has 7 heteroatoms. The van der Waals surface area contributed by atoms with Gasteiger partial charge in [-0.25, -0.2) is 4.39 Å². The first kappa shape index (κ1) is 20.0. The first-order valence-corrected chi connectivity index (χ1v) is 10.8. The normalized spacial score (nSPS) is 20.7. The summed E-state index contributed by atoms with van der Waals surface area (Å²) in [5.41, 5.74) is 0.414. The minimum atomic E-state index is -0.344. The third-order valence-electron chi connectivity index (χ3n) is 6.07. The summed E-state index contributed by atoms with van der Waals surface area (Å²) < 4.78 is 19.0. The molecule has 2 aliphatic heterocycles. The smallest absolute Gasteiger partial charge is 0.227 e. The fourth-order valence-electron chi connectivity index (χ4n) is 4.45. The van der Waals surface area contributed by atoms with Crippen molar-refractivity contribution < 1.29 is 18.7 Å². The number of hydrogen-bond donors (Lipinski definition) is 1. The summed E-state index contributed by atoms with van der Waals surface area (Å²) in [4.78, 5) is 28.8. The maximum atomic E-state index is 13.5. The van der Waals surface area contributed by atoms with E-state index in [9.17, 15) is 14.0 Å². The van der Waals surface area contributed by atoms with Crippen molar-refractivity contribution in [1.29, 1.82) is 0 Å². The Morgan fingerprint density at radius 2 is 2.07 bits per heavy atom. The molecule has 2 fully saturated rings. The number of thiophene rings is 1. The SMILES string of the molecule is O=C(NCc1cccs1)[C@H]1CN(C(=O)Cc2cccc(F)c2)CC12CCOCC2. The van der Waals surface area contributed by atoms with Gasteiger partial charge in [-0.2, -0.15) is 0 Å². The number of nitrogens with one attached hydrogen (secondary N) is 1. The number of rotatable bonds is 5. The molecule has 0 radical (unpaired) electrons. The topological polar surface area (TPSA) is 58.6 Å². The second kappa shape index (κ2) is 8.63. The van der Waals surface area contributed by atoms with Crippen LogP contribution in [0.4, 0.5) is 4.39 Å². The molecule has 1 aromatic heterocycles. The molecule has 1 N–H and O–H groups in total. The van der Waals surface area contributed by atoms with Gasteiger partial charge < -0.3 is 15.0 Å². The van der Waals surface area contributed by atoms with E-state index in [1.807, 2.05) is 17.5 Å². The van der Waals surface area contributed by atoms with Crippen molar-refractivity contribution in [3.63, 3.8) is 0 Å². The van der Waals surface area contributed by atoms with E-state index < -0.39 is 0 Å². The molecule has 1 spiro atoms. The summed E-state index contributed by atoms with van der Waals surface area (Å²) in [6.45, 7) is 2.70. The number of benzene rings is 1. The highest BCUT2D eigenvalue weighted by Gasteiger charge is 2.51. The molecule has 2 amide bonds. The number of amides is 2. The second-order valence-electron chi connectivity index (χ2n) is 7.91. The average molecular weight is 417 g/mol. The number of likely N-dealkylation sites (tertiary alicyclic amines) is 1. The first-order chi connectivity index (χ1) is 14.1. The van der Waals surface area contributed by atoms with Crippen LogP contribution in [0.3, 0.4) is 0 Å². The van der Waals surface area contributed by atoms with Gasteiger partial charge in [0, 0.05) is 36.6 Å². The van der Waals surface area contributed by atoms with E-state index in [0.29, 0.717) is 38.4 Å². The average Bonchev–Trinajstić information content (AvgIpc) is 3.35. The zero-order valence-corrected chi connectivity index (χ0v) is 17.1. The van der Waals surface area contributed by atoms with E-state index in [1.165, 1.54) is 12.1 Å². The third-order valence-corrected chi connectivity index (χ3v) is 6.94. The van der Waals surface area contributed by atoms with Crippen LogP contribution in [0, 0.1) is 17.2 Å². The lowest BCUT2D eigenvalue weighted by atomic mass is 9.72. The molecule has 0 bridgehead atoms. The van der Waals surface area contributed by atoms with Gasteiger partial charge in [-0.05, 0) is 42.0 Å². The van der Waals surface area contributed by atoms with Gasteiger partial charge in [0.1, 0.15) is 5.82 Å². The van der Waals surface area contributed by atoms with Crippen LogP contribution >= 0.6 is 11.3 Å². The van der Waals surface area contributed by atoms with Crippen LogP contribution in [0.1, 0.15) is 23.3 Å². The van der Waals surface area contributed by atoms with Crippen molar-refractivity contribution in [3.8, 4) is 0 Å². The van der Waals surface area contributed by atoms with Crippen LogP contribution in [0.2, 0.25) is 0 Å². The van der Waals surface area contributed by atoms with E-state index in [4.69, 9.17) is 4.74 Å². The molecule has 3 heterocycles. The quantitative estimate of drug-likeness (QED) is 0.815. The fraction of sp³-hybridized carbons (Fsp3) is 0.455. The van der Waals surface area contributed by atoms with E-state index in [0.717, 1.165) is 17.7 Å². The Balaban J connectivity index is 1.46. The zero-order valence-electron chi connectivity index (χ0n) is 16.2. The van der Waals surface area contributed by atoms with Crippen molar-refractivity contribution in [2.75, 3.05) is 26.3 Å². The molecule has 0 aliphatic carbocycles. The largest absolute Gasteiger partial charge is 0.381 e. The molecule has 154 valence electrons. The predicted octanol–water partition coefficient (Wildman–Crippen LogP) is 3.00. The van der Waals surface area contributed by atoms with Gasteiger partial charge in [0.05, 0.1) is 18.9 Å². The van der Waals surface area contributed by atoms with Crippen molar-refractivity contribution in [3.05, 3.63) is 58.0 Å². The molecule has 1 aromatic carbocycles. The summed E-state index contributed by atoms with van der Waals surface area (Å²) in [5, 5.41) is 5.05. The highest BCUT2D eigenvalue weighted by atomic mass is 32.1. The van der Waals surface area contributed by atoms with Gasteiger partial charge in [-0.3, -0.25) is 9.59 Å². The lowest BCUT2D eigenvalue weighted by molar-refractivity contribution is -0.130. The summed E-state index contributed by atoms with van der Waals surface area (Å²) in [6, 6.07) is 10.1. The summed E-state index contributed by atoms with van der Waals surface area (Å²) >= 11 is 1.61. The predicted molar refractivity (Wildman–Crippen MR) is 109 cm³/mol. The number of halogens is 1. The van der Waals surface area contributed by atoms with E-state index in [1.54, 1.807) is 28.4 Å². The number of ether oxygens (including phenoxy) is 1. The van der Waals surface area contributed by atoms with Gasteiger partial charge in [0.15, 0.2) is 0 Å². The summed E-state index contributed by atoms with van der Waals surface area (Å²) in [5.74, 6) is -0.650. The Hall–Kier alpha value is -2.25. The lowest BCUT2D eigenvalue weighted by Crippen LogP contribution is -2.44. The van der Waals surface area contributed by atoms with Gasteiger partial charge in [0.25, 0.3) is 0 Å². The minimum absolute atomic E-state index is 0.00126. The molecule has 2 saturated heterocycles. The Morgan fingerprint density at radius 1 is 1.24 bits per heavy atom. The molecule has 1 atom stereocenters. The molecule has 0 saturated carbocycles. The van der Waals surface area contributed by atoms with Crippen LogP contribution in [0.5, 0.6) is 0 Å². The molecule has 5 nitrogen and oxygen atoms in total. The molecule has 4 rings (SSSR count). The van der Waals surface area contributed by atoms with Gasteiger partial charge in [-0.15, -0.1) is 11.3 Å². The van der Waals surface area contributed by atoms with E-state index >= 15 is 0 Å². The maximum Gasteiger partial charge on any atom is 0.227 e. The highest BCUT2D eigenvalue weighted by Crippen LogP contribution is 2.44. The first-order valence-electron chi connectivity index (χ1n) is 9.96. The van der Waals surface area contributed by atoms with Crippen LogP contribution in [-0.4, -0.2) is 43.0 Å². The van der Waals surface area contributed by atoms with E-state index in [-0.39, 0.29) is 35.4 Å². The number of carbonyl (C=O) groups excluding carboxylic acids is 2. The highest BCUT2D eigenvalue weighted by molar-refractivity contribution is 7.09. The number of carbonyl (C=O) groups is 2. The van der Waals surface area contributed by atoms with Crippen molar-refractivity contribution in [1.82, 2.24) is 10.2 Å². The molecular formula is C22H25FN2O3S. The van der Waals surface area contributed by atoms with Gasteiger partial charge >= 0.3 is 0 Å². The Bertz CT molecular complexity index is 865. The fourth-order valence-corrected chi connectivity index (χ4v) is 5.09. The standard InChI is InChI=1S/C22H25FN2O3S/c23-17-4-1-3-16(11-17)12-20(26)25-14-19(22(15-25)6-8-28-9-7-22)21(27)24-13-18-5-2-10-29-18/h1-5,10-11,19H,6-9,12-15H2,(H,24,27)/t19-/m1/s1. The van der Waals surface area contributed by atoms with Gasteiger partial charge in [-0.1, -0.05) is 18.2 Å². The summed E-state index contributed by atoms with van der Waals surface area (Å²) in [7, 11) is 0. The molecule has 29 heavy (non-hydrogen) atoms. The van der Waals surface area contributed by atoms with E-state index in [2.05, 4.69) is 5.32 Å². The van der Waals surface area contributed by atoms with Crippen LogP contribution in [0.15, 0.2) is 41.8 Å². The second-order valence-corrected chi connectivity index (χ2v) is 8.94. The Morgan fingerprint density at radius 3 is 2.79 bits per heavy atom. The maximum absolute atomic E-state index is 13.5. The van der Waals surface area contributed by atoms with Crippen molar-refractivity contribution in [2.24, 2.45) is 11.3 Å². The van der Waals surface area contributed by atoms with Crippen LogP contribution in [0.25, 0.3) is 0 Å². The monoisotopic (exact) mass is 416 g/mol. The Kier molecular flexibility index (Phi) is 5.96. The molecular weight excluding hydrogens is 391 g/mol. The Labute approximate surface area is 173 Å². The molecule has 2 aliphatic rings. The van der Waals surface area contributed by atoms with Crippen LogP contribution in [-0.2, 0) is 27.3 Å². The number of hydrogen-bond acceptors (Lipinski definition) is 4. The minimum Gasteiger partial charge on any atom is -0.381 e.